The highest BCUT2D eigenvalue weighted by Crippen LogP contribution is 2.45. The molecular weight excluding hydrogens is 1110 g/mol. The van der Waals surface area contributed by atoms with Crippen LogP contribution < -0.4 is 0 Å². The predicted molar refractivity (Wildman–Crippen MR) is 296 cm³/mol. The van der Waals surface area contributed by atoms with E-state index in [2.05, 4.69) is 9.97 Å². The van der Waals surface area contributed by atoms with Gasteiger partial charge in [-0.3, -0.25) is 9.97 Å². The number of hydrogen-bond donors (Lipinski definition) is 0. The number of furan rings is 2. The van der Waals surface area contributed by atoms with E-state index < -0.39 is 47.0 Å². The zero-order chi connectivity index (χ0) is 58.5. The number of aromatic nitrogens is 4. The van der Waals surface area contributed by atoms with Crippen LogP contribution in [0.15, 0.2) is 215 Å². The van der Waals surface area contributed by atoms with Crippen LogP contribution in [0.25, 0.3) is 134 Å². The number of benzene rings is 7. The average Bonchev–Trinajstić information content (AvgIpc) is 2.16. The van der Waals surface area contributed by atoms with E-state index in [4.69, 9.17) is 18.8 Å². The molecule has 0 unspecified atom stereocenters. The Labute approximate surface area is 467 Å². The molecule has 18 heteroatoms. The molecule has 0 bridgehead atoms. The molecular formula is C66H34F12N4O2. The molecule has 6 heterocycles. The summed E-state index contributed by atoms with van der Waals surface area (Å²) in [5.41, 5.74) is 4.29. The fourth-order valence-corrected chi connectivity index (χ4v) is 10.5. The Kier molecular flexibility index (Phi) is 12.6. The van der Waals surface area contributed by atoms with Crippen molar-refractivity contribution in [3.8, 4) is 89.5 Å². The van der Waals surface area contributed by atoms with Gasteiger partial charge in [0.15, 0.2) is 11.2 Å². The van der Waals surface area contributed by atoms with Gasteiger partial charge >= 0.3 is 24.7 Å². The summed E-state index contributed by atoms with van der Waals surface area (Å²) in [5, 5.41) is 1.37. The average molecular weight is 1140 g/mol. The molecule has 414 valence electrons. The van der Waals surface area contributed by atoms with E-state index in [1.807, 2.05) is 72.8 Å². The Morgan fingerprint density at radius 2 is 0.607 bits per heavy atom. The van der Waals surface area contributed by atoms with E-state index in [1.54, 1.807) is 73.1 Å². The fraction of sp³-hybridized carbons (Fsp3) is 0.0606. The van der Waals surface area contributed by atoms with Crippen molar-refractivity contribution in [2.45, 2.75) is 24.7 Å². The molecule has 0 aliphatic carbocycles. The minimum absolute atomic E-state index is 0.0788. The van der Waals surface area contributed by atoms with Crippen LogP contribution in [0.4, 0.5) is 52.7 Å². The smallest absolute Gasteiger partial charge is 0.416 e. The molecule has 0 saturated carbocycles. The third-order valence-electron chi connectivity index (χ3n) is 14.5. The van der Waals surface area contributed by atoms with E-state index in [0.717, 1.165) is 22.3 Å². The van der Waals surface area contributed by atoms with Crippen LogP contribution in [0, 0.1) is 0 Å². The third-order valence-corrected chi connectivity index (χ3v) is 14.5. The lowest BCUT2D eigenvalue weighted by atomic mass is 9.95. The standard InChI is InChI=1S/C66H34F12N4O2/c67-63(68,69)41-27-39(28-42(33-41)64(70,71)72)53-11-5-13-55(81-53)49-9-3-1-7-45(49)37-19-21-57-51(31-37)59-61(83-57)47(23-25-79-59)35-15-17-36(18-16-35)48-24-26-80-60-52-32-38(20-22-58(52)84-62(48)60)46-8-2-4-10-50(46)56-14-6-12-54(82-56)40-29-43(65(73,74)75)34-44(30-40)66(76,77)78/h1-34H. The molecule has 0 radical (unpaired) electrons. The van der Waals surface area contributed by atoms with Crippen LogP contribution in [-0.2, 0) is 24.7 Å². The van der Waals surface area contributed by atoms with Crippen molar-refractivity contribution in [3.05, 3.63) is 229 Å². The minimum atomic E-state index is -5.03. The van der Waals surface area contributed by atoms with Crippen molar-refractivity contribution in [1.29, 1.82) is 0 Å². The van der Waals surface area contributed by atoms with Gasteiger partial charge < -0.3 is 8.83 Å². The van der Waals surface area contributed by atoms with Crippen LogP contribution in [-0.4, -0.2) is 19.9 Å². The molecule has 0 atom stereocenters. The van der Waals surface area contributed by atoms with Crippen molar-refractivity contribution in [3.63, 3.8) is 0 Å². The molecule has 0 aliphatic rings. The molecule has 13 aromatic rings. The fourth-order valence-electron chi connectivity index (χ4n) is 10.5. The van der Waals surface area contributed by atoms with Crippen molar-refractivity contribution in [2.75, 3.05) is 0 Å². The van der Waals surface area contributed by atoms with Crippen LogP contribution in [0.1, 0.15) is 22.3 Å². The summed E-state index contributed by atoms with van der Waals surface area (Å²) in [6.07, 6.45) is -16.8. The number of pyridine rings is 4. The van der Waals surface area contributed by atoms with E-state index >= 15 is 0 Å². The lowest BCUT2D eigenvalue weighted by molar-refractivity contribution is -0.144. The molecule has 6 aromatic heterocycles. The highest BCUT2D eigenvalue weighted by Gasteiger charge is 2.39. The Morgan fingerprint density at radius 3 is 0.964 bits per heavy atom. The second-order valence-electron chi connectivity index (χ2n) is 19.8. The number of nitrogens with zero attached hydrogens (tertiary/aromatic N) is 4. The molecule has 0 saturated heterocycles. The quantitative estimate of drug-likeness (QED) is 0.141. The van der Waals surface area contributed by atoms with Gasteiger partial charge in [0, 0.05) is 56.5 Å². The zero-order valence-electron chi connectivity index (χ0n) is 42.8. The summed E-state index contributed by atoms with van der Waals surface area (Å²) in [6.45, 7) is 0. The van der Waals surface area contributed by atoms with E-state index in [0.29, 0.717) is 113 Å². The van der Waals surface area contributed by atoms with E-state index in [1.165, 1.54) is 24.3 Å². The summed E-state index contributed by atoms with van der Waals surface area (Å²) in [7, 11) is 0. The Bertz CT molecular complexity index is 4390. The van der Waals surface area contributed by atoms with Gasteiger partial charge in [0.25, 0.3) is 0 Å². The zero-order valence-corrected chi connectivity index (χ0v) is 42.8. The summed E-state index contributed by atoms with van der Waals surface area (Å²) >= 11 is 0. The first-order valence-corrected chi connectivity index (χ1v) is 25.6. The second-order valence-corrected chi connectivity index (χ2v) is 19.8. The van der Waals surface area contributed by atoms with Gasteiger partial charge in [0.1, 0.15) is 22.2 Å². The highest BCUT2D eigenvalue weighted by molar-refractivity contribution is 6.10. The lowest BCUT2D eigenvalue weighted by Crippen LogP contribution is -2.11. The van der Waals surface area contributed by atoms with Crippen LogP contribution in [0.2, 0.25) is 0 Å². The van der Waals surface area contributed by atoms with Gasteiger partial charge in [0.2, 0.25) is 0 Å². The van der Waals surface area contributed by atoms with E-state index in [-0.39, 0.29) is 34.6 Å². The maximum Gasteiger partial charge on any atom is 0.416 e. The van der Waals surface area contributed by atoms with Gasteiger partial charge in [-0.2, -0.15) is 52.7 Å². The van der Waals surface area contributed by atoms with Crippen LogP contribution >= 0.6 is 0 Å². The number of halogens is 12. The maximum absolute atomic E-state index is 13.8. The molecule has 0 spiro atoms. The van der Waals surface area contributed by atoms with Crippen molar-refractivity contribution < 1.29 is 61.5 Å². The number of alkyl halides is 12. The van der Waals surface area contributed by atoms with Crippen LogP contribution in [0.5, 0.6) is 0 Å². The van der Waals surface area contributed by atoms with Gasteiger partial charge in [-0.1, -0.05) is 97.1 Å². The number of fused-ring (bicyclic) bond motifs is 6. The van der Waals surface area contributed by atoms with Gasteiger partial charge in [-0.15, -0.1) is 0 Å². The van der Waals surface area contributed by atoms with Crippen molar-refractivity contribution in [1.82, 2.24) is 19.9 Å². The third kappa shape index (κ3) is 9.81. The minimum Gasteiger partial charge on any atom is -0.454 e. The molecule has 0 N–H and O–H groups in total. The number of hydrogen-bond acceptors (Lipinski definition) is 6. The first kappa shape index (κ1) is 53.2. The summed E-state index contributed by atoms with van der Waals surface area (Å²) in [4.78, 5) is 18.6. The lowest BCUT2D eigenvalue weighted by Gasteiger charge is -2.15. The van der Waals surface area contributed by atoms with Crippen molar-refractivity contribution in [2.24, 2.45) is 0 Å². The first-order chi connectivity index (χ1) is 40.1. The molecule has 0 aliphatic heterocycles. The summed E-state index contributed by atoms with van der Waals surface area (Å²) < 4.78 is 179. The Hall–Kier alpha value is -10.1. The van der Waals surface area contributed by atoms with E-state index in [9.17, 15) is 52.7 Å². The van der Waals surface area contributed by atoms with Gasteiger partial charge in [-0.25, -0.2) is 9.97 Å². The largest absolute Gasteiger partial charge is 0.454 e. The topological polar surface area (TPSA) is 77.8 Å². The molecule has 0 fully saturated rings. The second kappa shape index (κ2) is 19.8. The maximum atomic E-state index is 13.8. The molecule has 13 rings (SSSR count). The Morgan fingerprint density at radius 1 is 0.274 bits per heavy atom. The highest BCUT2D eigenvalue weighted by atomic mass is 19.4. The monoisotopic (exact) mass is 1140 g/mol. The van der Waals surface area contributed by atoms with Gasteiger partial charge in [0.05, 0.1) is 45.0 Å². The Balaban J connectivity index is 0.800. The number of rotatable bonds is 8. The predicted octanol–water partition coefficient (Wildman–Crippen LogP) is 20.5. The first-order valence-electron chi connectivity index (χ1n) is 25.6. The molecule has 7 aromatic carbocycles. The normalized spacial score (nSPS) is 12.5. The summed E-state index contributed by atoms with van der Waals surface area (Å²) in [5.74, 6) is 0. The molecule has 84 heavy (non-hydrogen) atoms. The molecule has 6 nitrogen and oxygen atoms in total. The van der Waals surface area contributed by atoms with Gasteiger partial charge in [-0.05, 0) is 130 Å². The van der Waals surface area contributed by atoms with Crippen LogP contribution in [0.3, 0.4) is 0 Å². The van der Waals surface area contributed by atoms with Crippen molar-refractivity contribution >= 4 is 44.1 Å². The SMILES string of the molecule is FC(F)(F)c1cc(-c2cccc(-c3ccccc3-c3ccc4oc5c(-c6ccc(-c7ccnc8c7oc7ccc(-c9ccccc9-c9cccc(-c%10cc(C(F)(F)F)cc(C(F)(F)F)c%10)n9)cc78)cc6)ccnc5c4c3)n2)cc(C(F)(F)F)c1. The molecule has 0 amide bonds. The summed E-state index contributed by atoms with van der Waals surface area (Å²) in [6, 6.07) is 48.7.